The number of hydrogen-bond donors (Lipinski definition) is 2. The lowest BCUT2D eigenvalue weighted by Gasteiger charge is -2.08. The Morgan fingerprint density at radius 3 is 2.55 bits per heavy atom. The molecule has 2 aromatic carbocycles. The van der Waals surface area contributed by atoms with Gasteiger partial charge in [-0.25, -0.2) is 9.97 Å². The molecule has 1 aromatic heterocycles. The number of hydrogen-bond acceptors (Lipinski definition) is 4. The molecule has 0 aliphatic heterocycles. The Morgan fingerprint density at radius 1 is 1.00 bits per heavy atom. The lowest BCUT2D eigenvalue weighted by atomic mass is 10.1. The molecular weight excluding hydrogens is 252 g/mol. The van der Waals surface area contributed by atoms with Gasteiger partial charge in [-0.1, -0.05) is 36.4 Å². The molecule has 1 heterocycles. The third kappa shape index (κ3) is 2.29. The molecule has 0 unspecified atom stereocenters. The fourth-order valence-corrected chi connectivity index (χ4v) is 1.91. The van der Waals surface area contributed by atoms with Gasteiger partial charge in [0, 0.05) is 5.39 Å². The van der Waals surface area contributed by atoms with Crippen LogP contribution < -0.4 is 10.5 Å². The van der Waals surface area contributed by atoms with Gasteiger partial charge in [0.05, 0.1) is 12.4 Å². The van der Waals surface area contributed by atoms with Crippen LogP contribution in [0.25, 0.3) is 10.8 Å². The minimum Gasteiger partial charge on any atom is -0.437 e. The Hall–Kier alpha value is -2.95. The van der Waals surface area contributed by atoms with Gasteiger partial charge in [-0.15, -0.1) is 0 Å². The molecule has 3 N–H and O–H groups in total. The molecule has 0 saturated heterocycles. The number of nitrogens with one attached hydrogen (secondary N) is 1. The van der Waals surface area contributed by atoms with Crippen LogP contribution in [0.15, 0.2) is 54.9 Å². The summed E-state index contributed by atoms with van der Waals surface area (Å²) in [5, 5.41) is 9.37. The number of ether oxygens (including phenoxy) is 1. The maximum Gasteiger partial charge on any atom is 0.237 e. The number of benzene rings is 2. The largest absolute Gasteiger partial charge is 0.437 e. The minimum atomic E-state index is -0.116. The maximum absolute atomic E-state index is 7.27. The summed E-state index contributed by atoms with van der Waals surface area (Å²) in [6.07, 6.45) is 2.88. The van der Waals surface area contributed by atoms with Crippen LogP contribution in [0.1, 0.15) is 5.69 Å². The van der Waals surface area contributed by atoms with E-state index < -0.39 is 0 Å². The summed E-state index contributed by atoms with van der Waals surface area (Å²) < 4.78 is 5.74. The molecule has 3 aromatic rings. The van der Waals surface area contributed by atoms with E-state index in [1.54, 1.807) is 0 Å². The second-order valence-electron chi connectivity index (χ2n) is 4.23. The van der Waals surface area contributed by atoms with Crippen LogP contribution in [0, 0.1) is 5.41 Å². The smallest absolute Gasteiger partial charge is 0.237 e. The molecule has 0 bridgehead atoms. The third-order valence-electron chi connectivity index (χ3n) is 2.87. The molecule has 0 atom stereocenters. The average molecular weight is 264 g/mol. The molecular formula is C15H12N4O. The Kier molecular flexibility index (Phi) is 3.01. The molecule has 98 valence electrons. The Bertz CT molecular complexity index is 763. The van der Waals surface area contributed by atoms with E-state index in [9.17, 15) is 0 Å². The highest BCUT2D eigenvalue weighted by Gasteiger charge is 2.05. The van der Waals surface area contributed by atoms with Crippen LogP contribution in [0.3, 0.4) is 0 Å². The van der Waals surface area contributed by atoms with Crippen molar-refractivity contribution >= 4 is 16.6 Å². The zero-order valence-corrected chi connectivity index (χ0v) is 10.6. The molecule has 0 aliphatic rings. The monoisotopic (exact) mass is 264 g/mol. The Morgan fingerprint density at radius 2 is 1.80 bits per heavy atom. The van der Waals surface area contributed by atoms with Crippen LogP contribution in [0.4, 0.5) is 0 Å². The van der Waals surface area contributed by atoms with Crippen molar-refractivity contribution < 1.29 is 4.74 Å². The molecule has 0 radical (unpaired) electrons. The third-order valence-corrected chi connectivity index (χ3v) is 2.87. The van der Waals surface area contributed by atoms with Crippen molar-refractivity contribution in [1.82, 2.24) is 9.97 Å². The predicted octanol–water partition coefficient (Wildman–Crippen LogP) is 2.71. The van der Waals surface area contributed by atoms with Gasteiger partial charge in [-0.2, -0.15) is 0 Å². The van der Waals surface area contributed by atoms with Gasteiger partial charge in [0.2, 0.25) is 5.88 Å². The van der Waals surface area contributed by atoms with Crippen molar-refractivity contribution in [2.24, 2.45) is 5.73 Å². The first-order chi connectivity index (χ1) is 9.74. The number of amidine groups is 1. The lowest BCUT2D eigenvalue weighted by Crippen LogP contribution is -2.13. The van der Waals surface area contributed by atoms with E-state index in [0.29, 0.717) is 17.3 Å². The summed E-state index contributed by atoms with van der Waals surface area (Å²) in [4.78, 5) is 8.11. The number of aromatic nitrogens is 2. The predicted molar refractivity (Wildman–Crippen MR) is 77.1 cm³/mol. The number of nitrogen functional groups attached to an aromatic ring is 1. The molecule has 0 spiro atoms. The highest BCUT2D eigenvalue weighted by Crippen LogP contribution is 2.28. The highest BCUT2D eigenvalue weighted by molar-refractivity contribution is 5.92. The zero-order valence-electron chi connectivity index (χ0n) is 10.6. The first-order valence-corrected chi connectivity index (χ1v) is 6.06. The molecule has 5 nitrogen and oxygen atoms in total. The molecule has 0 amide bonds. The number of rotatable bonds is 3. The maximum atomic E-state index is 7.27. The lowest BCUT2D eigenvalue weighted by molar-refractivity contribution is 0.465. The second-order valence-corrected chi connectivity index (χ2v) is 4.23. The number of fused-ring (bicyclic) bond motifs is 1. The van der Waals surface area contributed by atoms with E-state index in [0.717, 1.165) is 10.8 Å². The van der Waals surface area contributed by atoms with E-state index in [1.807, 2.05) is 42.5 Å². The van der Waals surface area contributed by atoms with Crippen molar-refractivity contribution in [2.75, 3.05) is 0 Å². The Balaban J connectivity index is 1.95. The summed E-state index contributed by atoms with van der Waals surface area (Å²) in [5.74, 6) is 0.966. The second kappa shape index (κ2) is 4.97. The number of nitrogens with zero attached hydrogens (tertiary/aromatic N) is 2. The van der Waals surface area contributed by atoms with Crippen molar-refractivity contribution in [3.8, 4) is 11.6 Å². The van der Waals surface area contributed by atoms with Crippen LogP contribution >= 0.6 is 0 Å². The van der Waals surface area contributed by atoms with Gasteiger partial charge in [0.15, 0.2) is 0 Å². The summed E-state index contributed by atoms with van der Waals surface area (Å²) in [5.41, 5.74) is 5.66. The fraction of sp³-hybridized carbons (Fsp3) is 0. The molecule has 5 heteroatoms. The van der Waals surface area contributed by atoms with Crippen LogP contribution in [0.2, 0.25) is 0 Å². The van der Waals surface area contributed by atoms with Gasteiger partial charge < -0.3 is 10.5 Å². The van der Waals surface area contributed by atoms with E-state index in [-0.39, 0.29) is 5.84 Å². The van der Waals surface area contributed by atoms with Crippen molar-refractivity contribution in [3.05, 3.63) is 60.6 Å². The molecule has 0 fully saturated rings. The van der Waals surface area contributed by atoms with E-state index >= 15 is 0 Å². The van der Waals surface area contributed by atoms with Crippen molar-refractivity contribution in [2.45, 2.75) is 0 Å². The summed E-state index contributed by atoms with van der Waals surface area (Å²) in [6, 6.07) is 13.8. The summed E-state index contributed by atoms with van der Waals surface area (Å²) >= 11 is 0. The van der Waals surface area contributed by atoms with Gasteiger partial charge in [0.25, 0.3) is 0 Å². The minimum absolute atomic E-state index is 0.116. The van der Waals surface area contributed by atoms with Crippen molar-refractivity contribution in [3.63, 3.8) is 0 Å². The zero-order chi connectivity index (χ0) is 13.9. The average Bonchev–Trinajstić information content (AvgIpc) is 2.48. The summed E-state index contributed by atoms with van der Waals surface area (Å²) in [6.45, 7) is 0. The Labute approximate surface area is 115 Å². The molecule has 20 heavy (non-hydrogen) atoms. The van der Waals surface area contributed by atoms with Crippen LogP contribution in [-0.2, 0) is 0 Å². The molecule has 0 saturated carbocycles. The normalized spacial score (nSPS) is 10.4. The quantitative estimate of drug-likeness (QED) is 0.562. The summed E-state index contributed by atoms with van der Waals surface area (Å²) in [7, 11) is 0. The molecule has 3 rings (SSSR count). The van der Waals surface area contributed by atoms with Crippen molar-refractivity contribution in [1.29, 1.82) is 5.41 Å². The van der Waals surface area contributed by atoms with Gasteiger partial charge in [-0.3, -0.25) is 5.41 Å². The van der Waals surface area contributed by atoms with Gasteiger partial charge >= 0.3 is 0 Å². The first-order valence-electron chi connectivity index (χ1n) is 6.06. The van der Waals surface area contributed by atoms with E-state index in [1.165, 1.54) is 12.4 Å². The standard InChI is InChI=1S/C15H12N4O/c16-15(17)12-8-19-14(9-18-12)20-13-7-3-5-10-4-1-2-6-11(10)13/h1-9H,(H3,16,17). The topological polar surface area (TPSA) is 84.9 Å². The van der Waals surface area contributed by atoms with Crippen LogP contribution in [0.5, 0.6) is 11.6 Å². The van der Waals surface area contributed by atoms with E-state index in [2.05, 4.69) is 9.97 Å². The fourth-order valence-electron chi connectivity index (χ4n) is 1.91. The van der Waals surface area contributed by atoms with Crippen LogP contribution in [-0.4, -0.2) is 15.8 Å². The first kappa shape index (κ1) is 12.1. The van der Waals surface area contributed by atoms with E-state index in [4.69, 9.17) is 15.9 Å². The van der Waals surface area contributed by atoms with Gasteiger partial charge in [0.1, 0.15) is 17.3 Å². The molecule has 0 aliphatic carbocycles. The number of nitrogens with two attached hydrogens (primary N) is 1. The highest BCUT2D eigenvalue weighted by atomic mass is 16.5. The SMILES string of the molecule is N=C(N)c1cnc(Oc2cccc3ccccc23)cn1. The van der Waals surface area contributed by atoms with Gasteiger partial charge in [-0.05, 0) is 11.5 Å².